The maximum absolute atomic E-state index is 5.63. The highest BCUT2D eigenvalue weighted by Gasteiger charge is 1.99. The van der Waals surface area contributed by atoms with Crippen molar-refractivity contribution in [2.24, 2.45) is 0 Å². The molecule has 0 saturated heterocycles. The Morgan fingerprint density at radius 3 is 2.92 bits per heavy atom. The van der Waals surface area contributed by atoms with Crippen LogP contribution in [0, 0.1) is 0 Å². The average molecular weight is 191 g/mol. The Bertz CT molecular complexity index is 384. The van der Waals surface area contributed by atoms with Gasteiger partial charge in [0.1, 0.15) is 0 Å². The van der Waals surface area contributed by atoms with E-state index in [2.05, 4.69) is 9.97 Å². The van der Waals surface area contributed by atoms with Crippen molar-refractivity contribution < 1.29 is 0 Å². The highest BCUT2D eigenvalue weighted by atomic mass is 32.1. The molecule has 0 aromatic carbocycles. The highest BCUT2D eigenvalue weighted by molar-refractivity contribution is 7.09. The second-order valence-electron chi connectivity index (χ2n) is 2.68. The zero-order valence-corrected chi connectivity index (χ0v) is 7.79. The molecule has 2 aromatic rings. The second kappa shape index (κ2) is 3.53. The number of nitrogens with zero attached hydrogens (tertiary/aromatic N) is 2. The van der Waals surface area contributed by atoms with E-state index in [1.54, 1.807) is 29.8 Å². The lowest BCUT2D eigenvalue weighted by atomic mass is 10.2. The molecule has 0 aliphatic heterocycles. The van der Waals surface area contributed by atoms with Gasteiger partial charge < -0.3 is 5.73 Å². The van der Waals surface area contributed by atoms with Crippen LogP contribution in [-0.4, -0.2) is 9.97 Å². The molecule has 0 aliphatic carbocycles. The highest BCUT2D eigenvalue weighted by Crippen LogP contribution is 2.11. The van der Waals surface area contributed by atoms with Crippen molar-refractivity contribution in [3.8, 4) is 0 Å². The van der Waals surface area contributed by atoms with Crippen molar-refractivity contribution in [2.75, 3.05) is 5.73 Å². The molecular weight excluding hydrogens is 182 g/mol. The van der Waals surface area contributed by atoms with Gasteiger partial charge in [0.05, 0.1) is 5.01 Å². The van der Waals surface area contributed by atoms with Crippen molar-refractivity contribution >= 4 is 17.0 Å². The predicted molar refractivity (Wildman–Crippen MR) is 53.6 cm³/mol. The lowest BCUT2D eigenvalue weighted by molar-refractivity contribution is 1.05. The van der Waals surface area contributed by atoms with Crippen LogP contribution in [0.15, 0.2) is 29.9 Å². The summed E-state index contributed by atoms with van der Waals surface area (Å²) in [6, 6.07) is 3.66. The molecule has 0 amide bonds. The van der Waals surface area contributed by atoms with Gasteiger partial charge >= 0.3 is 0 Å². The monoisotopic (exact) mass is 191 g/mol. The third kappa shape index (κ3) is 2.03. The van der Waals surface area contributed by atoms with Crippen molar-refractivity contribution in [1.29, 1.82) is 0 Å². The number of anilines is 1. The molecule has 3 nitrogen and oxygen atoms in total. The summed E-state index contributed by atoms with van der Waals surface area (Å²) in [5.74, 6) is 0. The van der Waals surface area contributed by atoms with Crippen LogP contribution in [0.2, 0.25) is 0 Å². The van der Waals surface area contributed by atoms with Crippen molar-refractivity contribution in [2.45, 2.75) is 6.42 Å². The quantitative estimate of drug-likeness (QED) is 0.786. The molecule has 0 unspecified atom stereocenters. The molecule has 0 bridgehead atoms. The number of nitrogen functional groups attached to an aromatic ring is 1. The van der Waals surface area contributed by atoms with E-state index in [4.69, 9.17) is 5.73 Å². The molecular formula is C9H9N3S. The molecule has 0 atom stereocenters. The van der Waals surface area contributed by atoms with Crippen molar-refractivity contribution in [3.05, 3.63) is 40.6 Å². The zero-order chi connectivity index (χ0) is 9.10. The first-order chi connectivity index (χ1) is 6.34. The Morgan fingerprint density at radius 1 is 1.31 bits per heavy atom. The van der Waals surface area contributed by atoms with E-state index in [0.717, 1.165) is 22.8 Å². The number of nitrogens with two attached hydrogens (primary N) is 1. The zero-order valence-electron chi connectivity index (χ0n) is 6.97. The van der Waals surface area contributed by atoms with Gasteiger partial charge in [-0.2, -0.15) is 0 Å². The van der Waals surface area contributed by atoms with Crippen LogP contribution in [0.25, 0.3) is 0 Å². The minimum absolute atomic E-state index is 0.751. The molecule has 0 radical (unpaired) electrons. The first kappa shape index (κ1) is 8.19. The molecule has 0 saturated carbocycles. The molecule has 2 rings (SSSR count). The van der Waals surface area contributed by atoms with Crippen LogP contribution in [-0.2, 0) is 6.42 Å². The third-order valence-electron chi connectivity index (χ3n) is 1.66. The topological polar surface area (TPSA) is 51.8 Å². The number of hydrogen-bond donors (Lipinski definition) is 1. The number of pyridine rings is 1. The van der Waals surface area contributed by atoms with E-state index in [1.165, 1.54) is 0 Å². The summed E-state index contributed by atoms with van der Waals surface area (Å²) in [6.45, 7) is 0. The SMILES string of the molecule is Nc1ccnc(Cc2nccs2)c1. The first-order valence-electron chi connectivity index (χ1n) is 3.93. The summed E-state index contributed by atoms with van der Waals surface area (Å²) < 4.78 is 0. The predicted octanol–water partition coefficient (Wildman–Crippen LogP) is 1.71. The van der Waals surface area contributed by atoms with Crippen molar-refractivity contribution in [1.82, 2.24) is 9.97 Å². The minimum Gasteiger partial charge on any atom is -0.399 e. The Balaban J connectivity index is 2.19. The Labute approximate surface area is 80.3 Å². The molecule has 13 heavy (non-hydrogen) atoms. The van der Waals surface area contributed by atoms with E-state index >= 15 is 0 Å². The maximum Gasteiger partial charge on any atom is 0.0984 e. The largest absolute Gasteiger partial charge is 0.399 e. The molecule has 4 heteroatoms. The molecule has 2 heterocycles. The molecule has 0 fully saturated rings. The van der Waals surface area contributed by atoms with Gasteiger partial charge in [0.2, 0.25) is 0 Å². The first-order valence-corrected chi connectivity index (χ1v) is 4.81. The van der Waals surface area contributed by atoms with Gasteiger partial charge in [-0.05, 0) is 12.1 Å². The molecule has 66 valence electrons. The standard InChI is InChI=1S/C9H9N3S/c10-7-1-2-11-8(5-7)6-9-12-3-4-13-9/h1-5H,6H2,(H2,10,11). The Kier molecular flexibility index (Phi) is 2.23. The Hall–Kier alpha value is -1.42. The molecule has 0 spiro atoms. The lowest BCUT2D eigenvalue weighted by Gasteiger charge is -1.97. The summed E-state index contributed by atoms with van der Waals surface area (Å²) in [7, 11) is 0. The van der Waals surface area contributed by atoms with Gasteiger partial charge in [-0.15, -0.1) is 11.3 Å². The Morgan fingerprint density at radius 2 is 2.23 bits per heavy atom. The van der Waals surface area contributed by atoms with Gasteiger partial charge in [0.15, 0.2) is 0 Å². The van der Waals surface area contributed by atoms with Crippen LogP contribution in [0.4, 0.5) is 5.69 Å². The molecule has 2 aromatic heterocycles. The fourth-order valence-corrected chi connectivity index (χ4v) is 1.72. The minimum atomic E-state index is 0.751. The maximum atomic E-state index is 5.63. The number of rotatable bonds is 2. The van der Waals surface area contributed by atoms with Crippen LogP contribution >= 0.6 is 11.3 Å². The number of aromatic nitrogens is 2. The fraction of sp³-hybridized carbons (Fsp3) is 0.111. The van der Waals surface area contributed by atoms with Crippen LogP contribution in [0.5, 0.6) is 0 Å². The summed E-state index contributed by atoms with van der Waals surface area (Å²) in [4.78, 5) is 8.38. The third-order valence-corrected chi connectivity index (χ3v) is 2.44. The van der Waals surface area contributed by atoms with Gasteiger partial charge in [0.25, 0.3) is 0 Å². The number of hydrogen-bond acceptors (Lipinski definition) is 4. The average Bonchev–Trinajstić information content (AvgIpc) is 2.57. The summed E-state index contributed by atoms with van der Waals surface area (Å²) in [5.41, 5.74) is 7.35. The van der Waals surface area contributed by atoms with Crippen LogP contribution in [0.3, 0.4) is 0 Å². The van der Waals surface area contributed by atoms with Gasteiger partial charge in [-0.1, -0.05) is 0 Å². The van der Waals surface area contributed by atoms with Gasteiger partial charge in [0, 0.05) is 35.6 Å². The molecule has 0 aliphatic rings. The summed E-state index contributed by atoms with van der Waals surface area (Å²) in [6.07, 6.45) is 4.28. The van der Waals surface area contributed by atoms with Crippen molar-refractivity contribution in [3.63, 3.8) is 0 Å². The number of thiazole rings is 1. The van der Waals surface area contributed by atoms with E-state index in [1.807, 2.05) is 11.4 Å². The van der Waals surface area contributed by atoms with Gasteiger partial charge in [-0.3, -0.25) is 4.98 Å². The fourth-order valence-electron chi connectivity index (χ4n) is 1.09. The lowest BCUT2D eigenvalue weighted by Crippen LogP contribution is -1.93. The molecule has 2 N–H and O–H groups in total. The van der Waals surface area contributed by atoms with Gasteiger partial charge in [-0.25, -0.2) is 4.98 Å². The van der Waals surface area contributed by atoms with E-state index in [-0.39, 0.29) is 0 Å². The normalized spacial score (nSPS) is 10.2. The second-order valence-corrected chi connectivity index (χ2v) is 3.66. The smallest absolute Gasteiger partial charge is 0.0984 e. The van der Waals surface area contributed by atoms with E-state index in [0.29, 0.717) is 0 Å². The summed E-state index contributed by atoms with van der Waals surface area (Å²) in [5, 5.41) is 3.03. The summed E-state index contributed by atoms with van der Waals surface area (Å²) >= 11 is 1.63. The van der Waals surface area contributed by atoms with E-state index < -0.39 is 0 Å². The van der Waals surface area contributed by atoms with Crippen LogP contribution in [0.1, 0.15) is 10.7 Å². The van der Waals surface area contributed by atoms with Crippen LogP contribution < -0.4 is 5.73 Å². The van der Waals surface area contributed by atoms with E-state index in [9.17, 15) is 0 Å².